The molecule has 0 bridgehead atoms. The second-order valence-corrected chi connectivity index (χ2v) is 12.8. The van der Waals surface area contributed by atoms with Gasteiger partial charge in [0.2, 0.25) is 0 Å². The van der Waals surface area contributed by atoms with Crippen LogP contribution in [0.4, 0.5) is 5.82 Å². The Kier molecular flexibility index (Phi) is 7.61. The van der Waals surface area contributed by atoms with Crippen molar-refractivity contribution in [2.75, 3.05) is 16.8 Å². The lowest BCUT2D eigenvalue weighted by atomic mass is 10.0. The monoisotopic (exact) mass is 562 g/mol. The number of thioether (sulfide) groups is 1. The highest BCUT2D eigenvalue weighted by molar-refractivity contribution is 8.26. The van der Waals surface area contributed by atoms with E-state index in [1.807, 2.05) is 24.3 Å². The Morgan fingerprint density at radius 3 is 2.67 bits per heavy atom. The lowest BCUT2D eigenvalue weighted by Gasteiger charge is -2.21. The van der Waals surface area contributed by atoms with Crippen LogP contribution < -0.4 is 10.9 Å². The molecule has 1 aromatic carbocycles. The molecule has 2 aliphatic heterocycles. The first-order chi connectivity index (χ1) is 17.1. The SMILES string of the molecule is CCn1c(NCc2ccccc2Cl)c(/C=C2/SC(=S)N(C3CCS(=O)(=O)C3)C2=O)c(C)c(C#N)c1=O. The molecule has 1 atom stereocenters. The maximum absolute atomic E-state index is 13.3. The molecule has 0 spiro atoms. The summed E-state index contributed by atoms with van der Waals surface area (Å²) in [4.78, 5) is 28.0. The van der Waals surface area contributed by atoms with Crippen LogP contribution in [0.5, 0.6) is 0 Å². The highest BCUT2D eigenvalue weighted by Gasteiger charge is 2.42. The van der Waals surface area contributed by atoms with Gasteiger partial charge in [-0.15, -0.1) is 0 Å². The summed E-state index contributed by atoms with van der Waals surface area (Å²) in [6.45, 7) is 4.06. The van der Waals surface area contributed by atoms with Crippen LogP contribution in [0.25, 0.3) is 6.08 Å². The van der Waals surface area contributed by atoms with Crippen molar-refractivity contribution in [2.24, 2.45) is 0 Å². The third kappa shape index (κ3) is 4.95. The highest BCUT2D eigenvalue weighted by atomic mass is 35.5. The van der Waals surface area contributed by atoms with Crippen molar-refractivity contribution in [3.05, 3.63) is 66.8 Å². The maximum Gasteiger partial charge on any atom is 0.270 e. The predicted molar refractivity (Wildman–Crippen MR) is 147 cm³/mol. The molecule has 36 heavy (non-hydrogen) atoms. The molecule has 4 rings (SSSR count). The van der Waals surface area contributed by atoms with Crippen LogP contribution in [0.3, 0.4) is 0 Å². The number of amides is 1. The third-order valence-electron chi connectivity index (χ3n) is 6.27. The highest BCUT2D eigenvalue weighted by Crippen LogP contribution is 2.38. The molecule has 0 aliphatic carbocycles. The number of nitrogens with one attached hydrogen (secondary N) is 1. The van der Waals surface area contributed by atoms with Gasteiger partial charge in [0.25, 0.3) is 11.5 Å². The van der Waals surface area contributed by atoms with Crippen LogP contribution in [0.1, 0.15) is 35.6 Å². The van der Waals surface area contributed by atoms with Crippen LogP contribution in [0, 0.1) is 18.3 Å². The quantitative estimate of drug-likeness (QED) is 0.419. The van der Waals surface area contributed by atoms with Crippen molar-refractivity contribution in [1.29, 1.82) is 5.26 Å². The Morgan fingerprint density at radius 2 is 2.06 bits per heavy atom. The first-order valence-electron chi connectivity index (χ1n) is 11.2. The van der Waals surface area contributed by atoms with Crippen molar-refractivity contribution < 1.29 is 13.2 Å². The van der Waals surface area contributed by atoms with E-state index in [-0.39, 0.29) is 23.0 Å². The fourth-order valence-electron chi connectivity index (χ4n) is 4.38. The number of aromatic nitrogens is 1. The lowest BCUT2D eigenvalue weighted by molar-refractivity contribution is -0.123. The minimum absolute atomic E-state index is 0.0104. The Labute approximate surface area is 223 Å². The summed E-state index contributed by atoms with van der Waals surface area (Å²) in [6.07, 6.45) is 1.96. The molecule has 1 aromatic heterocycles. The second-order valence-electron chi connectivity index (χ2n) is 8.48. The Balaban J connectivity index is 1.79. The second kappa shape index (κ2) is 10.4. The molecular weight excluding hydrogens is 540 g/mol. The van der Waals surface area contributed by atoms with Gasteiger partial charge in [0, 0.05) is 23.7 Å². The molecule has 0 radical (unpaired) electrons. The van der Waals surface area contributed by atoms with E-state index < -0.39 is 21.4 Å². The summed E-state index contributed by atoms with van der Waals surface area (Å²) in [6, 6.07) is 8.81. The van der Waals surface area contributed by atoms with E-state index in [9.17, 15) is 23.3 Å². The number of anilines is 1. The van der Waals surface area contributed by atoms with Crippen LogP contribution in [0.15, 0.2) is 34.0 Å². The number of hydrogen-bond acceptors (Lipinski definition) is 8. The van der Waals surface area contributed by atoms with Gasteiger partial charge in [-0.3, -0.25) is 19.1 Å². The standard InChI is InChI=1S/C24H23ClN4O4S3/c1-3-28-21(27-12-15-6-4-5-7-19(15)25)17(14(2)18(11-26)22(28)30)10-20-23(31)29(24(34)35-20)16-8-9-36(32,33)13-16/h4-7,10,16,27H,3,8-9,12-13H2,1-2H3/b20-10+. The van der Waals surface area contributed by atoms with E-state index in [1.165, 1.54) is 9.47 Å². The number of hydrogen-bond donors (Lipinski definition) is 1. The minimum Gasteiger partial charge on any atom is -0.367 e. The first-order valence-corrected chi connectivity index (χ1v) is 14.6. The summed E-state index contributed by atoms with van der Waals surface area (Å²) < 4.78 is 25.7. The van der Waals surface area contributed by atoms with Gasteiger partial charge in [0.1, 0.15) is 21.8 Å². The molecule has 12 heteroatoms. The number of thiocarbonyl (C=S) groups is 1. The average molecular weight is 563 g/mol. The number of benzene rings is 1. The van der Waals surface area contributed by atoms with Gasteiger partial charge >= 0.3 is 0 Å². The molecule has 2 aliphatic rings. The molecule has 3 heterocycles. The number of pyridine rings is 1. The fourth-order valence-corrected chi connectivity index (χ4v) is 7.67. The normalized spacial score (nSPS) is 20.2. The van der Waals surface area contributed by atoms with E-state index in [0.29, 0.717) is 50.7 Å². The van der Waals surface area contributed by atoms with Crippen molar-refractivity contribution in [1.82, 2.24) is 9.47 Å². The molecular formula is C24H23ClN4O4S3. The zero-order valence-electron chi connectivity index (χ0n) is 19.6. The summed E-state index contributed by atoms with van der Waals surface area (Å²) in [7, 11) is -3.21. The lowest BCUT2D eigenvalue weighted by Crippen LogP contribution is -2.39. The van der Waals surface area contributed by atoms with Gasteiger partial charge in [-0.2, -0.15) is 5.26 Å². The summed E-state index contributed by atoms with van der Waals surface area (Å²) in [5.41, 5.74) is 1.32. The number of carbonyl (C=O) groups excluding carboxylic acids is 1. The topological polar surface area (TPSA) is 112 Å². The fraction of sp³-hybridized carbons (Fsp3) is 0.333. The van der Waals surface area contributed by atoms with Gasteiger partial charge in [0.15, 0.2) is 9.84 Å². The number of nitriles is 1. The zero-order chi connectivity index (χ0) is 26.2. The van der Waals surface area contributed by atoms with Crippen LogP contribution in [-0.4, -0.2) is 45.7 Å². The largest absolute Gasteiger partial charge is 0.367 e. The summed E-state index contributed by atoms with van der Waals surface area (Å²) in [5.74, 6) is -0.0185. The van der Waals surface area contributed by atoms with Gasteiger partial charge < -0.3 is 5.32 Å². The first kappa shape index (κ1) is 26.4. The molecule has 2 aromatic rings. The number of carbonyl (C=O) groups is 1. The molecule has 1 N–H and O–H groups in total. The molecule has 2 fully saturated rings. The predicted octanol–water partition coefficient (Wildman–Crippen LogP) is 3.70. The van der Waals surface area contributed by atoms with Crippen molar-refractivity contribution >= 4 is 67.5 Å². The smallest absolute Gasteiger partial charge is 0.270 e. The van der Waals surface area contributed by atoms with Gasteiger partial charge in [-0.1, -0.05) is 53.8 Å². The Bertz CT molecular complexity index is 1510. The molecule has 8 nitrogen and oxygen atoms in total. The van der Waals surface area contributed by atoms with Crippen LogP contribution in [0.2, 0.25) is 5.02 Å². The van der Waals surface area contributed by atoms with Gasteiger partial charge in [-0.25, -0.2) is 8.42 Å². The van der Waals surface area contributed by atoms with E-state index in [4.69, 9.17) is 23.8 Å². The number of rotatable bonds is 6. The Hall–Kier alpha value is -2.65. The molecule has 2 saturated heterocycles. The maximum atomic E-state index is 13.3. The van der Waals surface area contributed by atoms with E-state index >= 15 is 0 Å². The summed E-state index contributed by atoms with van der Waals surface area (Å²) in [5, 5.41) is 13.5. The van der Waals surface area contributed by atoms with Crippen LogP contribution >= 0.6 is 35.6 Å². The number of nitrogens with zero attached hydrogens (tertiary/aromatic N) is 3. The molecule has 1 amide bonds. The third-order valence-corrected chi connectivity index (χ3v) is 9.72. The van der Waals surface area contributed by atoms with Crippen molar-refractivity contribution in [3.8, 4) is 6.07 Å². The minimum atomic E-state index is -3.21. The molecule has 1 unspecified atom stereocenters. The molecule has 188 valence electrons. The van der Waals surface area contributed by atoms with Crippen LogP contribution in [-0.2, 0) is 27.7 Å². The van der Waals surface area contributed by atoms with Crippen molar-refractivity contribution in [2.45, 2.75) is 39.4 Å². The van der Waals surface area contributed by atoms with E-state index in [2.05, 4.69) is 5.32 Å². The molecule has 0 saturated carbocycles. The van der Waals surface area contributed by atoms with E-state index in [1.54, 1.807) is 26.0 Å². The average Bonchev–Trinajstić information content (AvgIpc) is 3.32. The number of halogens is 1. The van der Waals surface area contributed by atoms with E-state index in [0.717, 1.165) is 17.3 Å². The van der Waals surface area contributed by atoms with Crippen molar-refractivity contribution in [3.63, 3.8) is 0 Å². The zero-order valence-corrected chi connectivity index (χ0v) is 22.8. The van der Waals surface area contributed by atoms with Gasteiger partial charge in [-0.05, 0) is 43.5 Å². The summed E-state index contributed by atoms with van der Waals surface area (Å²) >= 11 is 12.8. The number of sulfone groups is 1. The Morgan fingerprint density at radius 1 is 1.33 bits per heavy atom. The van der Waals surface area contributed by atoms with Gasteiger partial charge in [0.05, 0.1) is 22.5 Å².